The molecule has 11 nitrogen and oxygen atoms in total. The van der Waals surface area contributed by atoms with Gasteiger partial charge in [0.1, 0.15) is 12.6 Å². The molecule has 12 heteroatoms. The predicted molar refractivity (Wildman–Crippen MR) is 245 cm³/mol. The van der Waals surface area contributed by atoms with Gasteiger partial charge in [0.2, 0.25) is 0 Å². The molecule has 0 aromatic rings. The molecule has 0 aromatic carbocycles. The van der Waals surface area contributed by atoms with Crippen LogP contribution in [0.25, 0.3) is 0 Å². The highest BCUT2D eigenvalue weighted by Crippen LogP contribution is 2.43. The summed E-state index contributed by atoms with van der Waals surface area (Å²) in [5.74, 6) is -2.41. The van der Waals surface area contributed by atoms with E-state index in [1.807, 2.05) is 0 Å². The van der Waals surface area contributed by atoms with Crippen molar-refractivity contribution >= 4 is 25.7 Å². The number of phosphoric acid groups is 1. The number of carbonyl (C=O) groups is 3. The molecule has 0 aliphatic rings. The van der Waals surface area contributed by atoms with Gasteiger partial charge in [-0.25, -0.2) is 4.57 Å². The van der Waals surface area contributed by atoms with Crippen molar-refractivity contribution in [2.75, 3.05) is 19.8 Å². The number of nitrogens with two attached hydrogens (primary N) is 1. The van der Waals surface area contributed by atoms with Gasteiger partial charge in [0.25, 0.3) is 0 Å². The normalized spacial score (nSPS) is 14.1. The van der Waals surface area contributed by atoms with Crippen LogP contribution in [0.5, 0.6) is 0 Å². The van der Waals surface area contributed by atoms with Crippen LogP contribution in [0.3, 0.4) is 0 Å². The molecule has 348 valence electrons. The highest BCUT2D eigenvalue weighted by molar-refractivity contribution is 7.47. The molecule has 0 aromatic heterocycles. The lowest BCUT2D eigenvalue weighted by molar-refractivity contribution is -0.161. The quantitative estimate of drug-likeness (QED) is 0.0230. The molecule has 1 unspecified atom stereocenters. The maximum absolute atomic E-state index is 12.6. The monoisotopic (exact) mass is 868 g/mol. The molecule has 0 aliphatic carbocycles. The number of carboxylic acids is 1. The molecule has 4 N–H and O–H groups in total. The third-order valence-electron chi connectivity index (χ3n) is 10.1. The highest BCUT2D eigenvalue weighted by Gasteiger charge is 2.28. The summed E-state index contributed by atoms with van der Waals surface area (Å²) in [7, 11) is -4.73. The van der Waals surface area contributed by atoms with E-state index in [2.05, 4.69) is 67.0 Å². The first-order valence-electron chi connectivity index (χ1n) is 23.7. The number of hydrogen-bond donors (Lipinski definition) is 3. The molecule has 3 atom stereocenters. The van der Waals surface area contributed by atoms with Crippen molar-refractivity contribution in [1.29, 1.82) is 0 Å². The summed E-state index contributed by atoms with van der Waals surface area (Å²) in [6.45, 7) is 2.72. The van der Waals surface area contributed by atoms with E-state index in [0.29, 0.717) is 12.8 Å². The SMILES string of the molecule is CCC/C=C/C/C=C/C/C=C/C/C=C/CCCCCC(=O)O[C@H](COC(=O)CCCCCCCCCCCCCCCCCCCCC)COP(=O)(O)OC[C@H](N)C(=O)O. The average molecular weight is 868 g/mol. The minimum absolute atomic E-state index is 0.124. The second-order valence-corrected chi connectivity index (χ2v) is 17.3. The lowest BCUT2D eigenvalue weighted by Crippen LogP contribution is -2.34. The third-order valence-corrected chi connectivity index (χ3v) is 11.0. The van der Waals surface area contributed by atoms with Gasteiger partial charge in [0, 0.05) is 12.8 Å². The number of esters is 2. The summed E-state index contributed by atoms with van der Waals surface area (Å²) in [5, 5.41) is 8.90. The molecule has 0 aliphatic heterocycles. The van der Waals surface area contributed by atoms with Crippen LogP contribution >= 0.6 is 7.82 Å². The van der Waals surface area contributed by atoms with Crippen molar-refractivity contribution in [2.45, 2.75) is 219 Å². The van der Waals surface area contributed by atoms with Gasteiger partial charge in [-0.1, -0.05) is 191 Å². The van der Waals surface area contributed by atoms with Gasteiger partial charge < -0.3 is 25.2 Å². The summed E-state index contributed by atoms with van der Waals surface area (Å²) in [5.41, 5.74) is 5.34. The zero-order valence-electron chi connectivity index (χ0n) is 37.8. The Balaban J connectivity index is 4.33. The van der Waals surface area contributed by atoms with E-state index < -0.39 is 51.1 Å². The summed E-state index contributed by atoms with van der Waals surface area (Å²) in [6.07, 6.45) is 48.9. The third kappa shape index (κ3) is 42.1. The maximum Gasteiger partial charge on any atom is 0.472 e. The minimum atomic E-state index is -4.73. The molecule has 0 heterocycles. The van der Waals surface area contributed by atoms with E-state index in [-0.39, 0.29) is 19.4 Å². The second kappa shape index (κ2) is 43.1. The Morgan fingerprint density at radius 3 is 1.38 bits per heavy atom. The maximum atomic E-state index is 12.6. The minimum Gasteiger partial charge on any atom is -0.480 e. The molecule has 0 saturated carbocycles. The topological polar surface area (TPSA) is 172 Å². The van der Waals surface area contributed by atoms with Gasteiger partial charge in [0.05, 0.1) is 13.2 Å². The van der Waals surface area contributed by atoms with Crippen LogP contribution in [0, 0.1) is 0 Å². The summed E-state index contributed by atoms with van der Waals surface area (Å²) >= 11 is 0. The zero-order valence-corrected chi connectivity index (χ0v) is 38.7. The van der Waals surface area contributed by atoms with Crippen molar-refractivity contribution in [2.24, 2.45) is 5.73 Å². The average Bonchev–Trinajstić information content (AvgIpc) is 3.22. The summed E-state index contributed by atoms with van der Waals surface area (Å²) in [4.78, 5) is 46.1. The first-order valence-corrected chi connectivity index (χ1v) is 25.2. The largest absolute Gasteiger partial charge is 0.480 e. The molecular formula is C48H86NO10P. The van der Waals surface area contributed by atoms with E-state index in [1.54, 1.807) is 0 Å². The van der Waals surface area contributed by atoms with Gasteiger partial charge in [-0.15, -0.1) is 0 Å². The van der Waals surface area contributed by atoms with Crippen molar-refractivity contribution in [3.8, 4) is 0 Å². The molecular weight excluding hydrogens is 781 g/mol. The van der Waals surface area contributed by atoms with Crippen LogP contribution in [-0.4, -0.2) is 59.9 Å². The summed E-state index contributed by atoms with van der Waals surface area (Å²) < 4.78 is 32.7. The number of hydrogen-bond acceptors (Lipinski definition) is 9. The molecule has 0 saturated heterocycles. The molecule has 0 amide bonds. The van der Waals surface area contributed by atoms with Crippen LogP contribution < -0.4 is 5.73 Å². The number of aliphatic carboxylic acids is 1. The van der Waals surface area contributed by atoms with Crippen LogP contribution in [0.1, 0.15) is 206 Å². The Labute approximate surface area is 365 Å². The number of unbranched alkanes of at least 4 members (excludes halogenated alkanes) is 22. The Morgan fingerprint density at radius 1 is 0.517 bits per heavy atom. The zero-order chi connectivity index (χ0) is 44.2. The van der Waals surface area contributed by atoms with Crippen molar-refractivity contribution in [1.82, 2.24) is 0 Å². The van der Waals surface area contributed by atoms with Crippen LogP contribution in [0.4, 0.5) is 0 Å². The highest BCUT2D eigenvalue weighted by atomic mass is 31.2. The van der Waals surface area contributed by atoms with E-state index >= 15 is 0 Å². The Bertz CT molecular complexity index is 1200. The number of ether oxygens (including phenoxy) is 2. The van der Waals surface area contributed by atoms with Crippen molar-refractivity contribution in [3.63, 3.8) is 0 Å². The first-order chi connectivity index (χ1) is 29.1. The van der Waals surface area contributed by atoms with Gasteiger partial charge in [-0.3, -0.25) is 23.4 Å². The van der Waals surface area contributed by atoms with E-state index in [4.69, 9.17) is 24.8 Å². The lowest BCUT2D eigenvalue weighted by Gasteiger charge is -2.20. The fourth-order valence-corrected chi connectivity index (χ4v) is 7.13. The van der Waals surface area contributed by atoms with E-state index in [1.165, 1.54) is 103 Å². The molecule has 0 fully saturated rings. The van der Waals surface area contributed by atoms with Crippen LogP contribution in [0.15, 0.2) is 48.6 Å². The fourth-order valence-electron chi connectivity index (χ4n) is 6.35. The Kier molecular flexibility index (Phi) is 41.3. The van der Waals surface area contributed by atoms with Crippen LogP contribution in [-0.2, 0) is 37.5 Å². The van der Waals surface area contributed by atoms with E-state index in [0.717, 1.165) is 64.2 Å². The smallest absolute Gasteiger partial charge is 0.472 e. The standard InChI is InChI=1S/C48H86NO10P/c1-3-5-7-9-11-13-15-17-19-21-22-24-25-27-29-31-33-35-37-39-46(50)56-41-44(42-57-60(54,55)58-43-45(49)48(52)53)59-47(51)40-38-36-34-32-30-28-26-23-20-18-16-14-12-10-8-6-4-2/h8,10,14,16,20,23,28,30,44-45H,3-7,9,11-13,15,17-19,21-22,24-27,29,31-43,49H2,1-2H3,(H,52,53)(H,54,55)/b10-8+,16-14+,23-20+,30-28+/t44-,45+/m1/s1. The van der Waals surface area contributed by atoms with Crippen LogP contribution in [0.2, 0.25) is 0 Å². The summed E-state index contributed by atoms with van der Waals surface area (Å²) in [6, 6.07) is -1.53. The second-order valence-electron chi connectivity index (χ2n) is 15.9. The van der Waals surface area contributed by atoms with Crippen molar-refractivity contribution < 1.29 is 47.5 Å². The molecule has 60 heavy (non-hydrogen) atoms. The van der Waals surface area contributed by atoms with E-state index in [9.17, 15) is 23.8 Å². The van der Waals surface area contributed by atoms with Gasteiger partial charge in [0.15, 0.2) is 6.10 Å². The molecule has 0 bridgehead atoms. The predicted octanol–water partition coefficient (Wildman–Crippen LogP) is 13.0. The van der Waals surface area contributed by atoms with Crippen molar-refractivity contribution in [3.05, 3.63) is 48.6 Å². The van der Waals surface area contributed by atoms with Gasteiger partial charge in [-0.2, -0.15) is 0 Å². The molecule has 0 spiro atoms. The fraction of sp³-hybridized carbons (Fsp3) is 0.771. The van der Waals surface area contributed by atoms with Gasteiger partial charge >= 0.3 is 25.7 Å². The number of phosphoric ester groups is 1. The number of allylic oxidation sites excluding steroid dienone is 8. The number of carboxylic acid groups (broad SMARTS) is 1. The first kappa shape index (κ1) is 57.4. The Morgan fingerprint density at radius 2 is 0.917 bits per heavy atom. The number of carbonyl (C=O) groups excluding carboxylic acids is 2. The molecule has 0 radical (unpaired) electrons. The van der Waals surface area contributed by atoms with Gasteiger partial charge in [-0.05, 0) is 51.4 Å². The Hall–Kier alpha value is -2.56. The number of rotatable bonds is 44. The lowest BCUT2D eigenvalue weighted by atomic mass is 10.0. The molecule has 0 rings (SSSR count).